The van der Waals surface area contributed by atoms with Crippen molar-refractivity contribution in [2.75, 3.05) is 5.43 Å². The number of fused-ring (bicyclic) bond motifs is 1. The summed E-state index contributed by atoms with van der Waals surface area (Å²) in [4.78, 5) is 29.2. The fourth-order valence-corrected chi connectivity index (χ4v) is 2.78. The van der Waals surface area contributed by atoms with Gasteiger partial charge in [-0.25, -0.2) is 14.6 Å². The molecule has 1 N–H and O–H groups in total. The zero-order chi connectivity index (χ0) is 19.6. The van der Waals surface area contributed by atoms with E-state index in [0.717, 1.165) is 17.4 Å². The Morgan fingerprint density at radius 1 is 1.19 bits per heavy atom. The molecular formula is C18H21FN6O2. The van der Waals surface area contributed by atoms with Crippen LogP contribution >= 0.6 is 0 Å². The van der Waals surface area contributed by atoms with Crippen LogP contribution in [-0.4, -0.2) is 24.9 Å². The maximum atomic E-state index is 13.0. The van der Waals surface area contributed by atoms with E-state index in [1.165, 1.54) is 30.0 Å². The summed E-state index contributed by atoms with van der Waals surface area (Å²) in [7, 11) is 3.02. The number of nitrogens with one attached hydrogen (secondary N) is 1. The van der Waals surface area contributed by atoms with E-state index in [1.807, 2.05) is 6.92 Å². The molecule has 0 saturated heterocycles. The number of unbranched alkanes of at least 4 members (excludes halogenated alkanes) is 1. The minimum absolute atomic E-state index is 0.304. The van der Waals surface area contributed by atoms with E-state index in [4.69, 9.17) is 0 Å². The largest absolute Gasteiger partial charge is 0.332 e. The van der Waals surface area contributed by atoms with Gasteiger partial charge >= 0.3 is 5.69 Å². The molecule has 8 nitrogen and oxygen atoms in total. The Morgan fingerprint density at radius 2 is 1.89 bits per heavy atom. The van der Waals surface area contributed by atoms with Gasteiger partial charge in [-0.3, -0.25) is 13.9 Å². The molecular weight excluding hydrogens is 351 g/mol. The zero-order valence-corrected chi connectivity index (χ0v) is 15.4. The lowest BCUT2D eigenvalue weighted by atomic mass is 10.2. The Balaban J connectivity index is 2.04. The molecule has 2 aromatic heterocycles. The first kappa shape index (κ1) is 18.6. The molecule has 2 heterocycles. The van der Waals surface area contributed by atoms with Crippen molar-refractivity contribution in [3.05, 3.63) is 56.5 Å². The number of halogens is 1. The van der Waals surface area contributed by atoms with E-state index < -0.39 is 11.2 Å². The van der Waals surface area contributed by atoms with Gasteiger partial charge in [-0.15, -0.1) is 0 Å². The Morgan fingerprint density at radius 3 is 2.56 bits per heavy atom. The molecule has 0 amide bonds. The number of hydrogen-bond donors (Lipinski definition) is 1. The molecule has 27 heavy (non-hydrogen) atoms. The summed E-state index contributed by atoms with van der Waals surface area (Å²) in [5.41, 5.74) is 3.37. The SMILES string of the molecule is CCCCn1c(N/N=C\c2ccc(F)cc2)nc2c1c(=O)n(C)c(=O)n2C. The van der Waals surface area contributed by atoms with Gasteiger partial charge in [0.25, 0.3) is 5.56 Å². The molecule has 0 fully saturated rings. The number of nitrogens with zero attached hydrogens (tertiary/aromatic N) is 5. The molecule has 0 aliphatic rings. The van der Waals surface area contributed by atoms with Gasteiger partial charge in [-0.2, -0.15) is 10.1 Å². The first-order valence-corrected chi connectivity index (χ1v) is 8.65. The standard InChI is InChI=1S/C18H21FN6O2/c1-4-5-10-25-14-15(23(2)18(27)24(3)16(14)26)21-17(25)22-20-11-12-6-8-13(19)9-7-12/h6-9,11H,4-5,10H2,1-3H3,(H,21,22)/b20-11-. The van der Waals surface area contributed by atoms with Crippen molar-refractivity contribution >= 4 is 23.3 Å². The molecule has 142 valence electrons. The highest BCUT2D eigenvalue weighted by Crippen LogP contribution is 2.16. The van der Waals surface area contributed by atoms with Crippen LogP contribution in [0.5, 0.6) is 0 Å². The van der Waals surface area contributed by atoms with E-state index >= 15 is 0 Å². The second kappa shape index (κ2) is 7.56. The average molecular weight is 372 g/mol. The first-order valence-electron chi connectivity index (χ1n) is 8.65. The molecule has 0 spiro atoms. The third-order valence-corrected chi connectivity index (χ3v) is 4.33. The van der Waals surface area contributed by atoms with Crippen LogP contribution in [0, 0.1) is 5.82 Å². The third-order valence-electron chi connectivity index (χ3n) is 4.33. The van der Waals surface area contributed by atoms with Crippen LogP contribution in [0.15, 0.2) is 39.0 Å². The predicted octanol–water partition coefficient (Wildman–Crippen LogP) is 1.82. The van der Waals surface area contributed by atoms with Crippen LogP contribution in [0.1, 0.15) is 25.3 Å². The number of aryl methyl sites for hydroxylation is 2. The van der Waals surface area contributed by atoms with E-state index in [2.05, 4.69) is 15.5 Å². The highest BCUT2D eigenvalue weighted by atomic mass is 19.1. The molecule has 0 radical (unpaired) electrons. The first-order chi connectivity index (χ1) is 12.9. The van der Waals surface area contributed by atoms with Gasteiger partial charge in [-0.05, 0) is 24.1 Å². The van der Waals surface area contributed by atoms with Gasteiger partial charge in [0, 0.05) is 20.6 Å². The van der Waals surface area contributed by atoms with Crippen molar-refractivity contribution in [2.24, 2.45) is 19.2 Å². The van der Waals surface area contributed by atoms with Crippen molar-refractivity contribution in [3.8, 4) is 0 Å². The maximum Gasteiger partial charge on any atom is 0.332 e. The summed E-state index contributed by atoms with van der Waals surface area (Å²) < 4.78 is 17.1. The van der Waals surface area contributed by atoms with Crippen LogP contribution in [0.25, 0.3) is 11.2 Å². The molecule has 0 saturated carbocycles. The fourth-order valence-electron chi connectivity index (χ4n) is 2.78. The van der Waals surface area contributed by atoms with Gasteiger partial charge in [0.1, 0.15) is 5.82 Å². The maximum absolute atomic E-state index is 13.0. The topological polar surface area (TPSA) is 86.2 Å². The van der Waals surface area contributed by atoms with E-state index in [1.54, 1.807) is 23.7 Å². The lowest BCUT2D eigenvalue weighted by Gasteiger charge is -2.08. The summed E-state index contributed by atoms with van der Waals surface area (Å²) in [5, 5.41) is 4.13. The van der Waals surface area contributed by atoms with Gasteiger partial charge < -0.3 is 4.57 Å². The lowest BCUT2D eigenvalue weighted by molar-refractivity contribution is 0.628. The normalized spacial score (nSPS) is 11.6. The molecule has 3 aromatic rings. The van der Waals surface area contributed by atoms with Crippen LogP contribution in [0.3, 0.4) is 0 Å². The van der Waals surface area contributed by atoms with Gasteiger partial charge in [0.15, 0.2) is 11.2 Å². The lowest BCUT2D eigenvalue weighted by Crippen LogP contribution is -2.37. The summed E-state index contributed by atoms with van der Waals surface area (Å²) in [6.07, 6.45) is 3.30. The Labute approximate surface area is 154 Å². The monoisotopic (exact) mass is 372 g/mol. The minimum atomic E-state index is -0.436. The van der Waals surface area contributed by atoms with Crippen LogP contribution < -0.4 is 16.7 Å². The van der Waals surface area contributed by atoms with Crippen LogP contribution in [0.4, 0.5) is 10.3 Å². The molecule has 9 heteroatoms. The highest BCUT2D eigenvalue weighted by Gasteiger charge is 2.18. The Bertz CT molecular complexity index is 1110. The second-order valence-corrected chi connectivity index (χ2v) is 6.24. The van der Waals surface area contributed by atoms with E-state index in [0.29, 0.717) is 29.2 Å². The number of hydrogen-bond acceptors (Lipinski definition) is 5. The summed E-state index contributed by atoms with van der Waals surface area (Å²) in [5.74, 6) is 0.0494. The molecule has 3 rings (SSSR count). The number of imidazole rings is 1. The Hall–Kier alpha value is -3.23. The quantitative estimate of drug-likeness (QED) is 0.528. The molecule has 0 aliphatic heterocycles. The average Bonchev–Trinajstić information content (AvgIpc) is 3.03. The summed E-state index contributed by atoms with van der Waals surface area (Å²) >= 11 is 0. The van der Waals surface area contributed by atoms with Crippen LogP contribution in [-0.2, 0) is 20.6 Å². The molecule has 0 bridgehead atoms. The van der Waals surface area contributed by atoms with Crippen LogP contribution in [0.2, 0.25) is 0 Å². The van der Waals surface area contributed by atoms with E-state index in [9.17, 15) is 14.0 Å². The molecule has 0 aliphatic carbocycles. The highest BCUT2D eigenvalue weighted by molar-refractivity contribution is 5.80. The Kier molecular flexibility index (Phi) is 5.20. The minimum Gasteiger partial charge on any atom is -0.303 e. The molecule has 0 atom stereocenters. The van der Waals surface area contributed by atoms with Gasteiger partial charge in [-0.1, -0.05) is 25.5 Å². The number of rotatable bonds is 6. The van der Waals surface area contributed by atoms with Crippen molar-refractivity contribution in [1.82, 2.24) is 18.7 Å². The van der Waals surface area contributed by atoms with Crippen molar-refractivity contribution in [2.45, 2.75) is 26.3 Å². The van der Waals surface area contributed by atoms with Gasteiger partial charge in [0.05, 0.1) is 6.21 Å². The summed E-state index contributed by atoms with van der Waals surface area (Å²) in [6, 6.07) is 5.88. The smallest absolute Gasteiger partial charge is 0.303 e. The third kappa shape index (κ3) is 3.53. The molecule has 0 unspecified atom stereocenters. The predicted molar refractivity (Wildman–Crippen MR) is 103 cm³/mol. The fraction of sp³-hybridized carbons (Fsp3) is 0.333. The number of aromatic nitrogens is 4. The summed E-state index contributed by atoms with van der Waals surface area (Å²) in [6.45, 7) is 2.61. The van der Waals surface area contributed by atoms with Gasteiger partial charge in [0.2, 0.25) is 5.95 Å². The van der Waals surface area contributed by atoms with Crippen molar-refractivity contribution in [1.29, 1.82) is 0 Å². The van der Waals surface area contributed by atoms with Crippen molar-refractivity contribution in [3.63, 3.8) is 0 Å². The zero-order valence-electron chi connectivity index (χ0n) is 15.4. The number of hydrazone groups is 1. The molecule has 1 aromatic carbocycles. The number of anilines is 1. The number of benzene rings is 1. The van der Waals surface area contributed by atoms with Crippen molar-refractivity contribution < 1.29 is 4.39 Å². The second-order valence-electron chi connectivity index (χ2n) is 6.24. The van der Waals surface area contributed by atoms with E-state index in [-0.39, 0.29) is 5.82 Å².